The number of rotatable bonds is 6. The highest BCUT2D eigenvalue weighted by Gasteiger charge is 2.25. The third kappa shape index (κ3) is 4.62. The number of nitrogens with one attached hydrogen (secondary N) is 2. The first kappa shape index (κ1) is 19.7. The van der Waals surface area contributed by atoms with Crippen molar-refractivity contribution in [1.29, 1.82) is 0 Å². The molecule has 1 fully saturated rings. The molecule has 150 valence electrons. The fourth-order valence-electron chi connectivity index (χ4n) is 2.93. The van der Waals surface area contributed by atoms with E-state index >= 15 is 0 Å². The number of fused-ring (bicyclic) bond motifs is 1. The molecule has 0 atom stereocenters. The van der Waals surface area contributed by atoms with Crippen LogP contribution in [0.1, 0.15) is 30.1 Å². The molecule has 0 spiro atoms. The summed E-state index contributed by atoms with van der Waals surface area (Å²) in [5, 5.41) is 2.18. The second kappa shape index (κ2) is 7.91. The molecule has 1 aliphatic rings. The number of nitrogens with zero attached hydrogens (tertiary/aromatic N) is 3. The van der Waals surface area contributed by atoms with Gasteiger partial charge in [0, 0.05) is 39.1 Å². The fourth-order valence-corrected chi connectivity index (χ4v) is 2.93. The van der Waals surface area contributed by atoms with E-state index in [2.05, 4.69) is 26.8 Å². The summed E-state index contributed by atoms with van der Waals surface area (Å²) < 4.78 is 31.8. The fraction of sp³-hybridized carbons (Fsp3) is 0.444. The normalized spacial score (nSPS) is 15.5. The Bertz CT molecular complexity index is 885. The van der Waals surface area contributed by atoms with Gasteiger partial charge in [0.15, 0.2) is 5.65 Å². The number of carbonyl (C=O) groups excluding carboxylic acids is 2. The van der Waals surface area contributed by atoms with Crippen LogP contribution in [0.3, 0.4) is 0 Å². The maximum Gasteiger partial charge on any atom is 0.262 e. The number of ether oxygens (including phenoxy) is 1. The highest BCUT2D eigenvalue weighted by Crippen LogP contribution is 2.21. The summed E-state index contributed by atoms with van der Waals surface area (Å²) >= 11 is 0. The second-order valence-corrected chi connectivity index (χ2v) is 6.71. The second-order valence-electron chi connectivity index (χ2n) is 6.71. The SMILES string of the molecule is C=CC(=O)N1CCC(Oc2cnc3[nH]cc(C(=O)NCC(C)(F)F)c3n2)CC1. The van der Waals surface area contributed by atoms with Crippen molar-refractivity contribution in [1.82, 2.24) is 25.2 Å². The molecule has 2 amide bonds. The van der Waals surface area contributed by atoms with Crippen LogP contribution in [0.5, 0.6) is 5.88 Å². The van der Waals surface area contributed by atoms with Gasteiger partial charge >= 0.3 is 0 Å². The van der Waals surface area contributed by atoms with Crippen molar-refractivity contribution in [2.45, 2.75) is 31.8 Å². The maximum atomic E-state index is 13.0. The predicted octanol–water partition coefficient (Wildman–Crippen LogP) is 1.90. The van der Waals surface area contributed by atoms with Gasteiger partial charge in [0.05, 0.1) is 18.3 Å². The van der Waals surface area contributed by atoms with Crippen molar-refractivity contribution < 1.29 is 23.1 Å². The van der Waals surface area contributed by atoms with Crippen LogP contribution in [0.25, 0.3) is 11.2 Å². The van der Waals surface area contributed by atoms with Gasteiger partial charge < -0.3 is 19.9 Å². The third-order valence-electron chi connectivity index (χ3n) is 4.38. The molecule has 2 aromatic rings. The lowest BCUT2D eigenvalue weighted by Gasteiger charge is -2.31. The molecular formula is C18H21F2N5O3. The molecule has 1 saturated heterocycles. The number of carbonyl (C=O) groups is 2. The van der Waals surface area contributed by atoms with Gasteiger partial charge in [-0.15, -0.1) is 0 Å². The molecule has 8 nitrogen and oxygen atoms in total. The van der Waals surface area contributed by atoms with Gasteiger partial charge in [0.2, 0.25) is 11.8 Å². The van der Waals surface area contributed by atoms with Crippen molar-refractivity contribution in [2.24, 2.45) is 0 Å². The average molecular weight is 393 g/mol. The molecule has 0 aromatic carbocycles. The van der Waals surface area contributed by atoms with Gasteiger partial charge in [-0.2, -0.15) is 0 Å². The smallest absolute Gasteiger partial charge is 0.262 e. The number of hydrogen-bond donors (Lipinski definition) is 2. The Hall–Kier alpha value is -3.04. The van der Waals surface area contributed by atoms with Crippen molar-refractivity contribution in [3.05, 3.63) is 30.6 Å². The summed E-state index contributed by atoms with van der Waals surface area (Å²) in [6, 6.07) is 0. The molecule has 3 rings (SSSR count). The number of halogens is 2. The Morgan fingerprint density at radius 2 is 2.18 bits per heavy atom. The summed E-state index contributed by atoms with van der Waals surface area (Å²) in [6.07, 6.45) is 5.21. The van der Waals surface area contributed by atoms with Crippen molar-refractivity contribution in [2.75, 3.05) is 19.6 Å². The number of likely N-dealkylation sites (tertiary alicyclic amines) is 1. The lowest BCUT2D eigenvalue weighted by atomic mass is 10.1. The zero-order valence-corrected chi connectivity index (χ0v) is 15.4. The average Bonchev–Trinajstić information content (AvgIpc) is 3.09. The predicted molar refractivity (Wildman–Crippen MR) is 97.3 cm³/mol. The largest absolute Gasteiger partial charge is 0.473 e. The number of alkyl halides is 2. The van der Waals surface area contributed by atoms with Crippen molar-refractivity contribution in [3.63, 3.8) is 0 Å². The quantitative estimate of drug-likeness (QED) is 0.730. The summed E-state index contributed by atoms with van der Waals surface area (Å²) in [5.74, 6) is -3.56. The van der Waals surface area contributed by atoms with Crippen LogP contribution in [0.2, 0.25) is 0 Å². The van der Waals surface area contributed by atoms with Crippen LogP contribution in [-0.2, 0) is 4.79 Å². The van der Waals surface area contributed by atoms with E-state index < -0.39 is 18.4 Å². The van der Waals surface area contributed by atoms with E-state index in [0.717, 1.165) is 6.92 Å². The van der Waals surface area contributed by atoms with E-state index in [1.807, 2.05) is 0 Å². The van der Waals surface area contributed by atoms with Gasteiger partial charge in [0.25, 0.3) is 11.8 Å². The minimum absolute atomic E-state index is 0.111. The van der Waals surface area contributed by atoms with Crippen LogP contribution < -0.4 is 10.1 Å². The number of aromatic nitrogens is 3. The number of H-pyrrole nitrogens is 1. The van der Waals surface area contributed by atoms with Crippen LogP contribution in [0, 0.1) is 0 Å². The van der Waals surface area contributed by atoms with Crippen molar-refractivity contribution in [3.8, 4) is 5.88 Å². The molecule has 28 heavy (non-hydrogen) atoms. The van der Waals surface area contributed by atoms with Crippen LogP contribution >= 0.6 is 0 Å². The van der Waals surface area contributed by atoms with Crippen molar-refractivity contribution >= 4 is 23.0 Å². The van der Waals surface area contributed by atoms with Gasteiger partial charge in [-0.05, 0) is 6.08 Å². The lowest BCUT2D eigenvalue weighted by molar-refractivity contribution is -0.127. The van der Waals surface area contributed by atoms with Crippen LogP contribution in [0.15, 0.2) is 25.0 Å². The molecule has 2 N–H and O–H groups in total. The number of hydrogen-bond acceptors (Lipinski definition) is 5. The Balaban J connectivity index is 1.68. The summed E-state index contributed by atoms with van der Waals surface area (Å²) in [4.78, 5) is 36.8. The Labute approximate surface area is 160 Å². The molecular weight excluding hydrogens is 372 g/mol. The molecule has 0 aliphatic carbocycles. The molecule has 0 saturated carbocycles. The van der Waals surface area contributed by atoms with Gasteiger partial charge in [0.1, 0.15) is 11.6 Å². The zero-order valence-electron chi connectivity index (χ0n) is 15.4. The number of amides is 2. The van der Waals surface area contributed by atoms with Crippen LogP contribution in [-0.4, -0.2) is 63.3 Å². The molecule has 0 unspecified atom stereocenters. The molecule has 0 radical (unpaired) electrons. The Kier molecular flexibility index (Phi) is 5.57. The number of aromatic amines is 1. The minimum atomic E-state index is -3.01. The highest BCUT2D eigenvalue weighted by molar-refractivity contribution is 6.04. The maximum absolute atomic E-state index is 13.0. The minimum Gasteiger partial charge on any atom is -0.473 e. The van der Waals surface area contributed by atoms with E-state index in [4.69, 9.17) is 4.74 Å². The van der Waals surface area contributed by atoms with Gasteiger partial charge in [-0.25, -0.2) is 18.7 Å². The van der Waals surface area contributed by atoms with E-state index in [-0.39, 0.29) is 29.0 Å². The monoisotopic (exact) mass is 393 g/mol. The standard InChI is InChI=1S/C18H21F2N5O3/c1-3-14(26)25-6-4-11(5-7-25)28-13-9-22-16-15(24-13)12(8-21-16)17(27)23-10-18(2,19)20/h3,8-9,11H,1,4-7,10H2,2H3,(H,21,22)(H,23,27). The lowest BCUT2D eigenvalue weighted by Crippen LogP contribution is -2.41. The first-order valence-corrected chi connectivity index (χ1v) is 8.85. The summed E-state index contributed by atoms with van der Waals surface area (Å²) in [5.41, 5.74) is 0.712. The first-order valence-electron chi connectivity index (χ1n) is 8.85. The van der Waals surface area contributed by atoms with E-state index in [1.54, 1.807) is 4.90 Å². The highest BCUT2D eigenvalue weighted by atomic mass is 19.3. The molecule has 10 heteroatoms. The zero-order chi connectivity index (χ0) is 20.3. The number of piperidine rings is 1. The van der Waals surface area contributed by atoms with E-state index in [0.29, 0.717) is 31.6 Å². The third-order valence-corrected chi connectivity index (χ3v) is 4.38. The topological polar surface area (TPSA) is 100 Å². The first-order chi connectivity index (χ1) is 13.3. The summed E-state index contributed by atoms with van der Waals surface area (Å²) in [7, 11) is 0. The van der Waals surface area contributed by atoms with Gasteiger partial charge in [-0.3, -0.25) is 9.59 Å². The Morgan fingerprint density at radius 1 is 1.46 bits per heavy atom. The Morgan fingerprint density at radius 3 is 2.82 bits per heavy atom. The summed E-state index contributed by atoms with van der Waals surface area (Å²) in [6.45, 7) is 4.53. The molecule has 3 heterocycles. The van der Waals surface area contributed by atoms with Crippen LogP contribution in [0.4, 0.5) is 8.78 Å². The van der Waals surface area contributed by atoms with E-state index in [9.17, 15) is 18.4 Å². The molecule has 0 bridgehead atoms. The molecule has 2 aromatic heterocycles. The van der Waals surface area contributed by atoms with E-state index in [1.165, 1.54) is 18.5 Å². The molecule has 1 aliphatic heterocycles. The van der Waals surface area contributed by atoms with Gasteiger partial charge in [-0.1, -0.05) is 6.58 Å².